The van der Waals surface area contributed by atoms with Crippen LogP contribution in [0.1, 0.15) is 103 Å². The van der Waals surface area contributed by atoms with Crippen molar-refractivity contribution in [2.45, 2.75) is 99.6 Å². The van der Waals surface area contributed by atoms with Crippen molar-refractivity contribution in [3.05, 3.63) is 78.6 Å². The number of primary amides is 1. The van der Waals surface area contributed by atoms with E-state index in [0.29, 0.717) is 60.8 Å². The van der Waals surface area contributed by atoms with E-state index in [2.05, 4.69) is 5.32 Å². The van der Waals surface area contributed by atoms with Crippen LogP contribution >= 0.6 is 23.4 Å². The summed E-state index contributed by atoms with van der Waals surface area (Å²) in [7, 11) is 6.77. The number of carbonyl (C=O) groups is 5. The van der Waals surface area contributed by atoms with Crippen molar-refractivity contribution in [3.63, 3.8) is 0 Å². The quantitative estimate of drug-likeness (QED) is 0.0459. The summed E-state index contributed by atoms with van der Waals surface area (Å²) in [6.07, 6.45) is 6.51. The molecule has 5 aliphatic rings. The normalized spacial score (nSPS) is 22.9. The molecule has 0 spiro atoms. The van der Waals surface area contributed by atoms with Crippen LogP contribution < -0.4 is 31.0 Å². The number of benzene rings is 2. The molecular formula is C50H60ClFN6O11S. The first-order valence-corrected chi connectivity index (χ1v) is 25.1. The number of piperazine rings is 1. The number of likely N-dealkylation sites (N-methyl/N-ethyl adjacent to an activating group) is 1. The topological polar surface area (TPSA) is 234 Å². The fourth-order valence-electron chi connectivity index (χ4n) is 11.0. The largest absolute Gasteiger partial charge is 0.510 e. The number of halogens is 2. The van der Waals surface area contributed by atoms with Gasteiger partial charge in [0, 0.05) is 63.9 Å². The summed E-state index contributed by atoms with van der Waals surface area (Å²) in [5, 5.41) is 38.6. The third-order valence-electron chi connectivity index (χ3n) is 14.4. The van der Waals surface area contributed by atoms with Gasteiger partial charge in [0.1, 0.15) is 34.2 Å². The van der Waals surface area contributed by atoms with Gasteiger partial charge in [-0.05, 0) is 76.4 Å². The second-order valence-electron chi connectivity index (χ2n) is 19.2. The number of nitrogens with two attached hydrogens (primary N) is 1. The highest BCUT2D eigenvalue weighted by Crippen LogP contribution is 2.54. The number of nitrogens with one attached hydrogen (secondary N) is 1. The van der Waals surface area contributed by atoms with E-state index in [1.165, 1.54) is 28.8 Å². The number of nitrogens with zero attached hydrogens (tertiary/aromatic N) is 4. The molecule has 8 rings (SSSR count). The number of unbranched alkanes of at least 4 members (excludes halogenated alkanes) is 7. The van der Waals surface area contributed by atoms with Gasteiger partial charge >= 0.3 is 11.9 Å². The number of esters is 2. The second kappa shape index (κ2) is 20.3. The van der Waals surface area contributed by atoms with Gasteiger partial charge in [-0.25, -0.2) is 9.18 Å². The van der Waals surface area contributed by atoms with E-state index in [9.17, 15) is 44.1 Å². The molecule has 1 fully saturated rings. The summed E-state index contributed by atoms with van der Waals surface area (Å²) in [6, 6.07) is 3.36. The summed E-state index contributed by atoms with van der Waals surface area (Å²) in [5.74, 6) is -8.56. The smallest absolute Gasteiger partial charge is 0.344 e. The van der Waals surface area contributed by atoms with Crippen LogP contribution in [0.5, 0.6) is 5.75 Å². The maximum atomic E-state index is 15.5. The maximum absolute atomic E-state index is 15.5. The van der Waals surface area contributed by atoms with Crippen LogP contribution in [0.25, 0.3) is 10.9 Å². The summed E-state index contributed by atoms with van der Waals surface area (Å²) >= 11 is 8.19. The minimum Gasteiger partial charge on any atom is -0.510 e. The number of allylic oxidation sites excluding steroid dienone is 1. The zero-order valence-corrected chi connectivity index (χ0v) is 41.6. The molecule has 376 valence electrons. The van der Waals surface area contributed by atoms with Crippen molar-refractivity contribution < 1.29 is 53.2 Å². The molecule has 1 unspecified atom stereocenters. The Kier molecular flexibility index (Phi) is 14.8. The number of anilines is 2. The number of carbonyl (C=O) groups excluding carboxylic acids is 5. The standard InChI is InChI=1S/C50H60ClFN6O11S/c1-25-58-39-28(24-30(52)41(38(39)51)57-19-17-54-18-20-57)42(60)37(48(58)70-25)49(66)68-21-13-11-9-7-6-8-10-12-14-33(59)69-32-16-15-31(55(2)3)27-22-26-23-29-40(56(4)5)44(62)36(47(53)65)46(64)50(29,67)45(63)34(26)43(61)35(27)32/h15-16,24-26,29,40,54,62-63,67H,6-14,17-23H2,1-5H3,(H2,53,65)/t25?,26-,29-,40-,50-/m1/s1. The highest BCUT2D eigenvalue weighted by atomic mass is 35.5. The van der Waals surface area contributed by atoms with Crippen LogP contribution in [0.4, 0.5) is 15.8 Å². The monoisotopic (exact) mass is 1010 g/mol. The molecule has 1 saturated heterocycles. The summed E-state index contributed by atoms with van der Waals surface area (Å²) < 4.78 is 28.7. The van der Waals surface area contributed by atoms with Gasteiger partial charge in [0.25, 0.3) is 5.91 Å². The zero-order chi connectivity index (χ0) is 50.5. The molecule has 3 aromatic rings. The molecule has 0 saturated carbocycles. The predicted molar refractivity (Wildman–Crippen MR) is 263 cm³/mol. The summed E-state index contributed by atoms with van der Waals surface area (Å²) in [6.45, 7) is 4.57. The molecule has 0 bridgehead atoms. The number of fused-ring (bicyclic) bond motifs is 6. The van der Waals surface area contributed by atoms with Gasteiger partial charge in [-0.1, -0.05) is 61.9 Å². The van der Waals surface area contributed by atoms with E-state index in [1.807, 2.05) is 21.3 Å². The average Bonchev–Trinajstić information content (AvgIpc) is 3.29. The van der Waals surface area contributed by atoms with Crippen molar-refractivity contribution in [1.82, 2.24) is 14.8 Å². The van der Waals surface area contributed by atoms with Crippen LogP contribution in [0.15, 0.2) is 50.7 Å². The molecule has 20 heteroatoms. The summed E-state index contributed by atoms with van der Waals surface area (Å²) in [4.78, 5) is 86.0. The van der Waals surface area contributed by atoms with Crippen LogP contribution in [0.3, 0.4) is 0 Å². The van der Waals surface area contributed by atoms with Crippen LogP contribution in [0, 0.1) is 17.7 Å². The number of rotatable bonds is 17. The van der Waals surface area contributed by atoms with E-state index < -0.39 is 81.2 Å². The van der Waals surface area contributed by atoms with Gasteiger partial charge in [0.05, 0.1) is 50.2 Å². The number of hydrogen-bond acceptors (Lipinski definition) is 16. The molecule has 5 atom stereocenters. The van der Waals surface area contributed by atoms with Gasteiger partial charge in [0.2, 0.25) is 11.2 Å². The molecule has 1 aromatic heterocycles. The molecule has 17 nitrogen and oxygen atoms in total. The third kappa shape index (κ3) is 8.85. The van der Waals surface area contributed by atoms with Gasteiger partial charge < -0.3 is 50.2 Å². The zero-order valence-electron chi connectivity index (χ0n) is 40.0. The molecule has 2 aliphatic heterocycles. The predicted octanol–water partition coefficient (Wildman–Crippen LogP) is 5.90. The molecule has 70 heavy (non-hydrogen) atoms. The molecule has 3 aliphatic carbocycles. The Morgan fingerprint density at radius 1 is 1.00 bits per heavy atom. The molecular weight excluding hydrogens is 947 g/mol. The minimum absolute atomic E-state index is 0.00521. The Morgan fingerprint density at radius 3 is 2.29 bits per heavy atom. The number of thioether (sulfide) groups is 1. The van der Waals surface area contributed by atoms with Crippen molar-refractivity contribution in [2.75, 3.05) is 70.8 Å². The number of ether oxygens (including phenoxy) is 2. The van der Waals surface area contributed by atoms with Crippen LogP contribution in [-0.2, 0) is 25.5 Å². The Hall–Kier alpha value is -5.47. The lowest BCUT2D eigenvalue weighted by Gasteiger charge is -2.50. The van der Waals surface area contributed by atoms with E-state index in [4.69, 9.17) is 26.8 Å². The van der Waals surface area contributed by atoms with E-state index in [-0.39, 0.29) is 69.8 Å². The lowest BCUT2D eigenvalue weighted by Crippen LogP contribution is -2.63. The Labute approximate surface area is 413 Å². The van der Waals surface area contributed by atoms with Crippen molar-refractivity contribution >= 4 is 75.1 Å². The average molecular weight is 1010 g/mol. The number of hydrogen-bond donors (Lipinski definition) is 5. The summed E-state index contributed by atoms with van der Waals surface area (Å²) in [5.41, 5.74) is 2.92. The van der Waals surface area contributed by atoms with Crippen molar-refractivity contribution in [2.24, 2.45) is 17.6 Å². The molecule has 3 heterocycles. The highest BCUT2D eigenvalue weighted by molar-refractivity contribution is 8.00. The minimum atomic E-state index is -2.73. The number of aliphatic hydroxyl groups is 3. The number of pyridine rings is 1. The maximum Gasteiger partial charge on any atom is 0.344 e. The molecule has 0 radical (unpaired) electrons. The third-order valence-corrected chi connectivity index (χ3v) is 15.9. The number of ketones is 2. The van der Waals surface area contributed by atoms with Gasteiger partial charge in [-0.2, -0.15) is 0 Å². The van der Waals surface area contributed by atoms with Gasteiger partial charge in [0.15, 0.2) is 11.4 Å². The first-order valence-electron chi connectivity index (χ1n) is 23.9. The van der Waals surface area contributed by atoms with E-state index in [1.54, 1.807) is 34.3 Å². The van der Waals surface area contributed by atoms with Crippen LogP contribution in [0.2, 0.25) is 5.02 Å². The first kappa shape index (κ1) is 50.9. The number of aromatic nitrogens is 1. The Bertz CT molecular complexity index is 2810. The first-order chi connectivity index (χ1) is 33.3. The second-order valence-corrected chi connectivity index (χ2v) is 20.9. The number of aliphatic hydroxyl groups excluding tert-OH is 2. The Morgan fingerprint density at radius 2 is 1.66 bits per heavy atom. The van der Waals surface area contributed by atoms with Crippen molar-refractivity contribution in [1.29, 1.82) is 0 Å². The fraction of sp³-hybridized carbons (Fsp3) is 0.520. The number of amides is 1. The number of Topliss-reactive ketones (excluding diaryl/α,β-unsaturated/α-hetero) is 2. The van der Waals surface area contributed by atoms with Crippen molar-refractivity contribution in [3.8, 4) is 5.75 Å². The molecule has 2 aromatic carbocycles. The lowest BCUT2D eigenvalue weighted by molar-refractivity contribution is -0.148. The molecule has 6 N–H and O–H groups in total. The lowest BCUT2D eigenvalue weighted by atomic mass is 9.58. The highest BCUT2D eigenvalue weighted by Gasteiger charge is 2.63. The van der Waals surface area contributed by atoms with Crippen LogP contribution in [-0.4, -0.2) is 127 Å². The van der Waals surface area contributed by atoms with Gasteiger partial charge in [-0.3, -0.25) is 28.9 Å². The van der Waals surface area contributed by atoms with E-state index in [0.717, 1.165) is 38.5 Å². The van der Waals surface area contributed by atoms with Gasteiger partial charge in [-0.15, -0.1) is 0 Å². The fourth-order valence-corrected chi connectivity index (χ4v) is 12.6. The molecule has 1 amide bonds. The van der Waals surface area contributed by atoms with E-state index >= 15 is 4.39 Å². The SMILES string of the molecule is CC1Sc2c(C(=O)OCCCCCCCCCCC(=O)Oc3ccc(N(C)C)c4c3C(=O)C3=C(O)[C@@]5(O)C(=O)C(C(N)=O)=C(O)[C@H](N(C)C)[C@H]5C[C@H]3C4)c(=O)c3cc(F)c(N4CCNCC4)c(Cl)c3n21. The Balaban J connectivity index is 0.817.